The third-order valence-corrected chi connectivity index (χ3v) is 5.80. The first kappa shape index (κ1) is 17.6. The van der Waals surface area contributed by atoms with Gasteiger partial charge in [0.25, 0.3) is 5.91 Å². The van der Waals surface area contributed by atoms with Gasteiger partial charge < -0.3 is 9.80 Å². The van der Waals surface area contributed by atoms with Crippen molar-refractivity contribution in [1.82, 2.24) is 14.9 Å². The van der Waals surface area contributed by atoms with Crippen molar-refractivity contribution in [2.24, 2.45) is 0 Å². The molecule has 0 radical (unpaired) electrons. The first-order valence-corrected chi connectivity index (χ1v) is 9.63. The van der Waals surface area contributed by atoms with Crippen LogP contribution in [0.5, 0.6) is 0 Å². The van der Waals surface area contributed by atoms with Crippen LogP contribution >= 0.6 is 11.3 Å². The summed E-state index contributed by atoms with van der Waals surface area (Å²) in [5.41, 5.74) is 2.09. The number of hydrogen-bond acceptors (Lipinski definition) is 5. The van der Waals surface area contributed by atoms with Crippen LogP contribution in [0.15, 0.2) is 48.7 Å². The lowest BCUT2D eigenvalue weighted by Crippen LogP contribution is -2.49. The van der Waals surface area contributed by atoms with Gasteiger partial charge in [-0.2, -0.15) is 0 Å². The monoisotopic (exact) mass is 382 g/mol. The minimum absolute atomic E-state index is 0.0136. The zero-order valence-corrected chi connectivity index (χ0v) is 15.7. The predicted octanol–water partition coefficient (Wildman–Crippen LogP) is 3.62. The van der Waals surface area contributed by atoms with Gasteiger partial charge in [0, 0.05) is 32.4 Å². The molecule has 0 atom stereocenters. The van der Waals surface area contributed by atoms with E-state index in [-0.39, 0.29) is 11.7 Å². The summed E-state index contributed by atoms with van der Waals surface area (Å²) < 4.78 is 14.0. The molecule has 5 nitrogen and oxygen atoms in total. The fraction of sp³-hybridized carbons (Fsp3) is 0.250. The molecule has 1 aromatic carbocycles. The molecule has 0 spiro atoms. The number of aromatic nitrogens is 2. The number of aryl methyl sites for hydroxylation is 1. The van der Waals surface area contributed by atoms with Crippen LogP contribution in [-0.4, -0.2) is 47.0 Å². The van der Waals surface area contributed by atoms with Crippen molar-refractivity contribution in [3.05, 3.63) is 65.0 Å². The zero-order valence-electron chi connectivity index (χ0n) is 14.9. The third-order valence-electron chi connectivity index (χ3n) is 4.63. The number of halogens is 1. The van der Waals surface area contributed by atoms with Gasteiger partial charge in [-0.25, -0.2) is 9.37 Å². The topological polar surface area (TPSA) is 49.3 Å². The molecule has 1 fully saturated rings. The van der Waals surface area contributed by atoms with Gasteiger partial charge in [0.05, 0.1) is 17.1 Å². The number of carbonyl (C=O) groups excluding carboxylic acids is 1. The summed E-state index contributed by atoms with van der Waals surface area (Å²) in [4.78, 5) is 26.2. The molecule has 0 N–H and O–H groups in total. The quantitative estimate of drug-likeness (QED) is 0.694. The number of benzene rings is 1. The highest BCUT2D eigenvalue weighted by molar-refractivity contribution is 7.17. The maximum Gasteiger partial charge on any atom is 0.265 e. The van der Waals surface area contributed by atoms with E-state index >= 15 is 0 Å². The van der Waals surface area contributed by atoms with E-state index in [0.717, 1.165) is 16.4 Å². The van der Waals surface area contributed by atoms with Gasteiger partial charge in [-0.05, 0) is 31.2 Å². The molecule has 0 unspecified atom stereocenters. The fourth-order valence-corrected chi connectivity index (χ4v) is 4.21. The van der Waals surface area contributed by atoms with Crippen molar-refractivity contribution in [3.63, 3.8) is 0 Å². The summed E-state index contributed by atoms with van der Waals surface area (Å²) in [6.07, 6.45) is 1.72. The first-order valence-electron chi connectivity index (χ1n) is 8.81. The van der Waals surface area contributed by atoms with E-state index in [0.29, 0.717) is 36.7 Å². The van der Waals surface area contributed by atoms with Gasteiger partial charge in [0.1, 0.15) is 15.7 Å². The second-order valence-corrected chi connectivity index (χ2v) is 7.38. The van der Waals surface area contributed by atoms with Crippen LogP contribution in [0.2, 0.25) is 0 Å². The lowest BCUT2D eigenvalue weighted by molar-refractivity contribution is 0.0750. The molecular formula is C20H19FN4OS. The minimum atomic E-state index is -0.226. The Morgan fingerprint density at radius 2 is 1.81 bits per heavy atom. The number of nitrogens with zero attached hydrogens (tertiary/aromatic N) is 4. The Balaban J connectivity index is 1.47. The SMILES string of the molecule is Cc1nc(-c2ccccn2)sc1C(=O)N1CCN(c2ccccc2F)CC1. The van der Waals surface area contributed by atoms with Crippen molar-refractivity contribution >= 4 is 22.9 Å². The maximum absolute atomic E-state index is 14.0. The van der Waals surface area contributed by atoms with E-state index in [4.69, 9.17) is 0 Å². The number of rotatable bonds is 3. The molecule has 0 aliphatic carbocycles. The van der Waals surface area contributed by atoms with E-state index in [2.05, 4.69) is 9.97 Å². The average molecular weight is 382 g/mol. The highest BCUT2D eigenvalue weighted by Gasteiger charge is 2.26. The second kappa shape index (κ2) is 7.44. The normalized spacial score (nSPS) is 14.4. The van der Waals surface area contributed by atoms with Crippen LogP contribution in [0.4, 0.5) is 10.1 Å². The van der Waals surface area contributed by atoms with Crippen LogP contribution in [0.1, 0.15) is 15.4 Å². The van der Waals surface area contributed by atoms with Gasteiger partial charge in [-0.15, -0.1) is 11.3 Å². The smallest absolute Gasteiger partial charge is 0.265 e. The Kier molecular flexibility index (Phi) is 4.85. The number of hydrogen-bond donors (Lipinski definition) is 0. The van der Waals surface area contributed by atoms with Crippen molar-refractivity contribution in [3.8, 4) is 10.7 Å². The van der Waals surface area contributed by atoms with Crippen molar-refractivity contribution < 1.29 is 9.18 Å². The lowest BCUT2D eigenvalue weighted by Gasteiger charge is -2.36. The highest BCUT2D eigenvalue weighted by atomic mass is 32.1. The summed E-state index contributed by atoms with van der Waals surface area (Å²) in [5.74, 6) is -0.240. The summed E-state index contributed by atoms with van der Waals surface area (Å²) in [6, 6.07) is 12.4. The number of amides is 1. The molecule has 27 heavy (non-hydrogen) atoms. The molecular weight excluding hydrogens is 363 g/mol. The Morgan fingerprint density at radius 3 is 2.52 bits per heavy atom. The molecule has 3 aromatic rings. The molecule has 0 bridgehead atoms. The molecule has 4 rings (SSSR count). The first-order chi connectivity index (χ1) is 13.1. The number of pyridine rings is 1. The maximum atomic E-state index is 14.0. The Morgan fingerprint density at radius 1 is 1.07 bits per heavy atom. The molecule has 3 heterocycles. The third kappa shape index (κ3) is 3.55. The van der Waals surface area contributed by atoms with Gasteiger partial charge in [0.2, 0.25) is 0 Å². The number of carbonyl (C=O) groups is 1. The van der Waals surface area contributed by atoms with Crippen LogP contribution in [0.25, 0.3) is 10.7 Å². The second-order valence-electron chi connectivity index (χ2n) is 6.38. The van der Waals surface area contributed by atoms with Crippen molar-refractivity contribution in [2.75, 3.05) is 31.1 Å². The van der Waals surface area contributed by atoms with Gasteiger partial charge >= 0.3 is 0 Å². The van der Waals surface area contributed by atoms with Gasteiger partial charge in [-0.3, -0.25) is 9.78 Å². The van der Waals surface area contributed by atoms with Gasteiger partial charge in [0.15, 0.2) is 0 Å². The number of anilines is 1. The minimum Gasteiger partial charge on any atom is -0.366 e. The summed E-state index contributed by atoms with van der Waals surface area (Å²) >= 11 is 1.38. The number of para-hydroxylation sites is 1. The Hall–Kier alpha value is -2.80. The van der Waals surface area contributed by atoms with E-state index in [9.17, 15) is 9.18 Å². The molecule has 0 saturated carbocycles. The van der Waals surface area contributed by atoms with Crippen molar-refractivity contribution in [2.45, 2.75) is 6.92 Å². The molecule has 138 valence electrons. The molecule has 2 aromatic heterocycles. The fourth-order valence-electron chi connectivity index (χ4n) is 3.20. The average Bonchev–Trinajstić information content (AvgIpc) is 3.10. The Labute approximate surface area is 161 Å². The van der Waals surface area contributed by atoms with E-state index < -0.39 is 0 Å². The standard InChI is InChI=1S/C20H19FN4OS/c1-14-18(27-19(23-14)16-7-4-5-9-22-16)20(26)25-12-10-24(11-13-25)17-8-3-2-6-15(17)21/h2-9H,10-13H2,1H3. The molecule has 1 amide bonds. The van der Waals surface area contributed by atoms with E-state index in [1.807, 2.05) is 41.0 Å². The molecule has 1 aliphatic rings. The molecule has 1 saturated heterocycles. The van der Waals surface area contributed by atoms with Gasteiger partial charge in [-0.1, -0.05) is 18.2 Å². The Bertz CT molecular complexity index is 952. The summed E-state index contributed by atoms with van der Waals surface area (Å²) in [7, 11) is 0. The van der Waals surface area contributed by atoms with Crippen molar-refractivity contribution in [1.29, 1.82) is 0 Å². The molecule has 1 aliphatic heterocycles. The molecule has 7 heteroatoms. The van der Waals surface area contributed by atoms with Crippen LogP contribution in [-0.2, 0) is 0 Å². The summed E-state index contributed by atoms with van der Waals surface area (Å²) in [6.45, 7) is 4.19. The predicted molar refractivity (Wildman–Crippen MR) is 105 cm³/mol. The van der Waals surface area contributed by atoms with Crippen LogP contribution < -0.4 is 4.90 Å². The number of thiazole rings is 1. The highest BCUT2D eigenvalue weighted by Crippen LogP contribution is 2.28. The number of piperazine rings is 1. The van der Waals surface area contributed by atoms with Crippen LogP contribution in [0, 0.1) is 12.7 Å². The van der Waals surface area contributed by atoms with E-state index in [1.165, 1.54) is 17.4 Å². The largest absolute Gasteiger partial charge is 0.366 e. The zero-order chi connectivity index (χ0) is 18.8. The lowest BCUT2D eigenvalue weighted by atomic mass is 10.2. The van der Waals surface area contributed by atoms with E-state index in [1.54, 1.807) is 18.3 Å². The summed E-state index contributed by atoms with van der Waals surface area (Å²) in [5, 5.41) is 0.751. The van der Waals surface area contributed by atoms with Crippen LogP contribution in [0.3, 0.4) is 0 Å².